The Bertz CT molecular complexity index is 627. The van der Waals surface area contributed by atoms with Gasteiger partial charge in [-0.2, -0.15) is 0 Å². The number of hydrogen-bond acceptors (Lipinski definition) is 4. The first-order chi connectivity index (χ1) is 8.63. The van der Waals surface area contributed by atoms with Crippen molar-refractivity contribution in [1.82, 2.24) is 4.98 Å². The molecule has 0 saturated heterocycles. The van der Waals surface area contributed by atoms with Gasteiger partial charge in [-0.05, 0) is 24.3 Å². The molecule has 0 spiro atoms. The first kappa shape index (κ1) is 12.5. The van der Waals surface area contributed by atoms with E-state index in [0.717, 1.165) is 0 Å². The molecule has 3 N–H and O–H groups in total. The highest BCUT2D eigenvalue weighted by Gasteiger charge is 2.18. The topological polar surface area (TPSA) is 85.1 Å². The molecule has 0 fully saturated rings. The van der Waals surface area contributed by atoms with Gasteiger partial charge in [-0.25, -0.2) is 8.42 Å². The lowest BCUT2D eigenvalue weighted by atomic mass is 10.3. The Labute approximate surface area is 106 Å². The first-order valence-electron chi connectivity index (χ1n) is 5.35. The van der Waals surface area contributed by atoms with Crippen molar-refractivity contribution >= 4 is 15.7 Å². The molecule has 0 aliphatic heterocycles. The fraction of sp³-hybridized carbons (Fsp3) is 0.0833. The molecular formula is C12H13N3O2S. The van der Waals surface area contributed by atoms with Crippen LogP contribution in [0.4, 0.5) is 5.69 Å². The second-order valence-electron chi connectivity index (χ2n) is 3.62. The molecular weight excluding hydrogens is 250 g/mol. The van der Waals surface area contributed by atoms with Crippen LogP contribution in [0.3, 0.4) is 0 Å². The Kier molecular flexibility index (Phi) is 3.59. The van der Waals surface area contributed by atoms with Gasteiger partial charge in [-0.3, -0.25) is 9.71 Å². The molecule has 6 heteroatoms. The minimum absolute atomic E-state index is 0.0753. The third-order valence-electron chi connectivity index (χ3n) is 2.36. The van der Waals surface area contributed by atoms with Crippen LogP contribution in [-0.4, -0.2) is 13.4 Å². The fourth-order valence-corrected chi connectivity index (χ4v) is 2.80. The van der Waals surface area contributed by atoms with Crippen molar-refractivity contribution in [3.63, 3.8) is 0 Å². The number of anilines is 1. The lowest BCUT2D eigenvalue weighted by molar-refractivity contribution is 0.599. The molecule has 0 bridgehead atoms. The highest BCUT2D eigenvalue weighted by Crippen LogP contribution is 2.17. The maximum absolute atomic E-state index is 12.2. The van der Waals surface area contributed by atoms with Gasteiger partial charge in [0.25, 0.3) is 10.0 Å². The quantitative estimate of drug-likeness (QED) is 0.871. The van der Waals surface area contributed by atoms with Crippen LogP contribution >= 0.6 is 0 Å². The zero-order chi connectivity index (χ0) is 13.0. The van der Waals surface area contributed by atoms with Gasteiger partial charge in [0.2, 0.25) is 0 Å². The second kappa shape index (κ2) is 5.16. The maximum atomic E-state index is 12.2. The van der Waals surface area contributed by atoms with Gasteiger partial charge in [-0.1, -0.05) is 18.2 Å². The van der Waals surface area contributed by atoms with E-state index in [9.17, 15) is 8.42 Å². The molecule has 2 rings (SSSR count). The Morgan fingerprint density at radius 3 is 2.50 bits per heavy atom. The summed E-state index contributed by atoms with van der Waals surface area (Å²) in [6, 6.07) is 11.7. The van der Waals surface area contributed by atoms with Crippen LogP contribution in [-0.2, 0) is 16.6 Å². The summed E-state index contributed by atoms with van der Waals surface area (Å²) in [5.74, 6) is 0. The minimum atomic E-state index is -3.65. The van der Waals surface area contributed by atoms with Crippen LogP contribution < -0.4 is 10.5 Å². The van der Waals surface area contributed by atoms with E-state index in [4.69, 9.17) is 5.73 Å². The van der Waals surface area contributed by atoms with Crippen LogP contribution in [0.5, 0.6) is 0 Å². The van der Waals surface area contributed by atoms with Gasteiger partial charge in [0.05, 0.1) is 5.69 Å². The summed E-state index contributed by atoms with van der Waals surface area (Å²) >= 11 is 0. The van der Waals surface area contributed by atoms with E-state index in [2.05, 4.69) is 9.71 Å². The summed E-state index contributed by atoms with van der Waals surface area (Å²) in [7, 11) is -3.65. The van der Waals surface area contributed by atoms with Crippen LogP contribution in [0.25, 0.3) is 0 Å². The monoisotopic (exact) mass is 263 g/mol. The molecule has 18 heavy (non-hydrogen) atoms. The Balaban J connectivity index is 2.37. The smallest absolute Gasteiger partial charge is 0.263 e. The Hall–Kier alpha value is -1.92. The summed E-state index contributed by atoms with van der Waals surface area (Å²) in [4.78, 5) is 4.07. The zero-order valence-electron chi connectivity index (χ0n) is 9.58. The van der Waals surface area contributed by atoms with E-state index in [1.165, 1.54) is 12.3 Å². The molecule has 2 aromatic rings. The maximum Gasteiger partial charge on any atom is 0.263 e. The van der Waals surface area contributed by atoms with Gasteiger partial charge in [0.15, 0.2) is 0 Å². The van der Waals surface area contributed by atoms with Gasteiger partial charge in [0.1, 0.15) is 4.90 Å². The molecule has 1 aromatic heterocycles. The number of hydrogen-bond donors (Lipinski definition) is 2. The van der Waals surface area contributed by atoms with Gasteiger partial charge < -0.3 is 5.73 Å². The molecule has 0 aliphatic rings. The van der Waals surface area contributed by atoms with Crippen molar-refractivity contribution in [3.05, 3.63) is 54.4 Å². The van der Waals surface area contributed by atoms with Crippen molar-refractivity contribution in [2.75, 3.05) is 4.72 Å². The SMILES string of the molecule is NCc1ncccc1S(=O)(=O)Nc1ccccc1. The van der Waals surface area contributed by atoms with Crippen molar-refractivity contribution in [1.29, 1.82) is 0 Å². The summed E-state index contributed by atoms with van der Waals surface area (Å²) in [5.41, 5.74) is 6.34. The average molecular weight is 263 g/mol. The summed E-state index contributed by atoms with van der Waals surface area (Å²) in [6.45, 7) is 0.0753. The van der Waals surface area contributed by atoms with Crippen molar-refractivity contribution < 1.29 is 8.42 Å². The standard InChI is InChI=1S/C12H13N3O2S/c13-9-11-12(7-4-8-14-11)18(16,17)15-10-5-2-1-3-6-10/h1-8,15H,9,13H2. The molecule has 1 heterocycles. The van der Waals surface area contributed by atoms with Gasteiger partial charge in [0, 0.05) is 18.4 Å². The fourth-order valence-electron chi connectivity index (χ4n) is 1.54. The van der Waals surface area contributed by atoms with Gasteiger partial charge >= 0.3 is 0 Å². The summed E-state index contributed by atoms with van der Waals surface area (Å²) < 4.78 is 26.8. The number of benzene rings is 1. The van der Waals surface area contributed by atoms with Crippen LogP contribution in [0.1, 0.15) is 5.69 Å². The number of sulfonamides is 1. The van der Waals surface area contributed by atoms with Crippen LogP contribution in [0.15, 0.2) is 53.6 Å². The number of para-hydroxylation sites is 1. The number of pyridine rings is 1. The summed E-state index contributed by atoms with van der Waals surface area (Å²) in [5, 5.41) is 0. The van der Waals surface area contributed by atoms with Crippen molar-refractivity contribution in [3.8, 4) is 0 Å². The third kappa shape index (κ3) is 2.66. The van der Waals surface area contributed by atoms with Gasteiger partial charge in [-0.15, -0.1) is 0 Å². The van der Waals surface area contributed by atoms with E-state index in [0.29, 0.717) is 11.4 Å². The van der Waals surface area contributed by atoms with E-state index < -0.39 is 10.0 Å². The lowest BCUT2D eigenvalue weighted by Gasteiger charge is -2.10. The third-order valence-corrected chi connectivity index (χ3v) is 3.81. The predicted molar refractivity (Wildman–Crippen MR) is 69.4 cm³/mol. The first-order valence-corrected chi connectivity index (χ1v) is 6.83. The van der Waals surface area contributed by atoms with Crippen molar-refractivity contribution in [2.24, 2.45) is 5.73 Å². The van der Waals surface area contributed by atoms with Crippen LogP contribution in [0, 0.1) is 0 Å². The molecule has 5 nitrogen and oxygen atoms in total. The van der Waals surface area contributed by atoms with E-state index in [1.54, 1.807) is 30.3 Å². The number of aromatic nitrogens is 1. The van der Waals surface area contributed by atoms with Crippen molar-refractivity contribution in [2.45, 2.75) is 11.4 Å². The Morgan fingerprint density at radius 2 is 1.83 bits per heavy atom. The molecule has 1 aromatic carbocycles. The molecule has 94 valence electrons. The average Bonchev–Trinajstić information content (AvgIpc) is 2.39. The molecule has 0 unspecified atom stereocenters. The molecule has 0 amide bonds. The van der Waals surface area contributed by atoms with E-state index in [1.807, 2.05) is 6.07 Å². The summed E-state index contributed by atoms with van der Waals surface area (Å²) in [6.07, 6.45) is 1.52. The molecule has 0 aliphatic carbocycles. The zero-order valence-corrected chi connectivity index (χ0v) is 10.4. The second-order valence-corrected chi connectivity index (χ2v) is 5.27. The molecule has 0 saturated carbocycles. The Morgan fingerprint density at radius 1 is 1.11 bits per heavy atom. The molecule has 0 radical (unpaired) electrons. The van der Waals surface area contributed by atoms with E-state index >= 15 is 0 Å². The number of nitrogens with zero attached hydrogens (tertiary/aromatic N) is 1. The lowest BCUT2D eigenvalue weighted by Crippen LogP contribution is -2.17. The molecule has 0 atom stereocenters. The largest absolute Gasteiger partial charge is 0.325 e. The highest BCUT2D eigenvalue weighted by atomic mass is 32.2. The van der Waals surface area contributed by atoms with Crippen LogP contribution in [0.2, 0.25) is 0 Å². The number of rotatable bonds is 4. The highest BCUT2D eigenvalue weighted by molar-refractivity contribution is 7.92. The number of nitrogens with two attached hydrogens (primary N) is 1. The minimum Gasteiger partial charge on any atom is -0.325 e. The normalized spacial score (nSPS) is 11.2. The number of nitrogens with one attached hydrogen (secondary N) is 1. The predicted octanol–water partition coefficient (Wildman–Crippen LogP) is 1.34. The van der Waals surface area contributed by atoms with E-state index in [-0.39, 0.29) is 11.4 Å².